The largest absolute Gasteiger partial charge is 0.342 e. The number of carbonyl (C=O) groups excluding carboxylic acids is 2. The van der Waals surface area contributed by atoms with Crippen LogP contribution in [0.5, 0.6) is 0 Å². The van der Waals surface area contributed by atoms with Gasteiger partial charge in [-0.3, -0.25) is 9.59 Å². The molecule has 0 atom stereocenters. The smallest absolute Gasteiger partial charge is 0.232 e. The number of nitriles is 1. The number of nitrogens with zero attached hydrogens (tertiary/aromatic N) is 3. The lowest BCUT2D eigenvalue weighted by atomic mass is 10.1. The topological polar surface area (TPSA) is 74.1 Å². The number of piperidine rings is 1. The normalized spacial score (nSPS) is 14.5. The quantitative estimate of drug-likeness (QED) is 0.630. The number of hydrogen-bond acceptors (Lipinski definition) is 5. The molecular formula is C16H19N3O2S. The second-order valence-electron chi connectivity index (χ2n) is 5.37. The molecular weight excluding hydrogens is 298 g/mol. The molecule has 1 aliphatic heterocycles. The Balaban J connectivity index is 2.09. The van der Waals surface area contributed by atoms with E-state index < -0.39 is 0 Å². The van der Waals surface area contributed by atoms with Crippen LogP contribution in [-0.4, -0.2) is 40.4 Å². The van der Waals surface area contributed by atoms with E-state index in [1.54, 1.807) is 13.0 Å². The van der Waals surface area contributed by atoms with Gasteiger partial charge in [0, 0.05) is 24.3 Å². The number of thioether (sulfide) groups is 1. The molecule has 6 heteroatoms. The van der Waals surface area contributed by atoms with Crippen molar-refractivity contribution < 1.29 is 9.59 Å². The van der Waals surface area contributed by atoms with Gasteiger partial charge in [0.05, 0.1) is 11.3 Å². The van der Waals surface area contributed by atoms with Gasteiger partial charge < -0.3 is 4.90 Å². The zero-order chi connectivity index (χ0) is 16.1. The maximum atomic E-state index is 12.2. The minimum Gasteiger partial charge on any atom is -0.342 e. The summed E-state index contributed by atoms with van der Waals surface area (Å²) < 4.78 is 0. The van der Waals surface area contributed by atoms with Crippen LogP contribution in [0.15, 0.2) is 11.1 Å². The molecule has 1 fully saturated rings. The van der Waals surface area contributed by atoms with Gasteiger partial charge in [0.1, 0.15) is 11.1 Å². The molecule has 0 aliphatic carbocycles. The summed E-state index contributed by atoms with van der Waals surface area (Å²) in [6.07, 6.45) is 3.30. The van der Waals surface area contributed by atoms with E-state index in [0.717, 1.165) is 25.9 Å². The number of rotatable bonds is 4. The number of Topliss-reactive ketones (excluding diaryl/α,β-unsaturated/α-hetero) is 1. The van der Waals surface area contributed by atoms with Crippen molar-refractivity contribution in [1.82, 2.24) is 9.88 Å². The van der Waals surface area contributed by atoms with E-state index in [-0.39, 0.29) is 17.4 Å². The summed E-state index contributed by atoms with van der Waals surface area (Å²) in [4.78, 5) is 29.9. The van der Waals surface area contributed by atoms with E-state index >= 15 is 0 Å². The Morgan fingerprint density at radius 2 is 2.05 bits per heavy atom. The summed E-state index contributed by atoms with van der Waals surface area (Å²) in [6, 6.07) is 3.63. The number of amides is 1. The Bertz CT molecular complexity index is 631. The number of carbonyl (C=O) groups is 2. The molecule has 2 rings (SSSR count). The highest BCUT2D eigenvalue weighted by Crippen LogP contribution is 2.24. The summed E-state index contributed by atoms with van der Waals surface area (Å²) >= 11 is 1.27. The van der Waals surface area contributed by atoms with Gasteiger partial charge in [0.2, 0.25) is 5.91 Å². The van der Waals surface area contributed by atoms with Crippen LogP contribution in [0.3, 0.4) is 0 Å². The molecule has 0 spiro atoms. The summed E-state index contributed by atoms with van der Waals surface area (Å²) in [6.45, 7) is 4.84. The van der Waals surface area contributed by atoms with E-state index in [0.29, 0.717) is 21.8 Å². The Labute approximate surface area is 134 Å². The van der Waals surface area contributed by atoms with Crippen molar-refractivity contribution in [2.75, 3.05) is 18.8 Å². The monoisotopic (exact) mass is 317 g/mol. The number of ketones is 1. The highest BCUT2D eigenvalue weighted by molar-refractivity contribution is 7.99. The third kappa shape index (κ3) is 3.86. The van der Waals surface area contributed by atoms with Gasteiger partial charge >= 0.3 is 0 Å². The Kier molecular flexibility index (Phi) is 5.56. The van der Waals surface area contributed by atoms with E-state index in [1.165, 1.54) is 25.1 Å². The van der Waals surface area contributed by atoms with Gasteiger partial charge in [0.25, 0.3) is 0 Å². The molecule has 1 amide bonds. The zero-order valence-corrected chi connectivity index (χ0v) is 13.7. The fourth-order valence-corrected chi connectivity index (χ4v) is 3.40. The molecule has 0 saturated carbocycles. The molecule has 22 heavy (non-hydrogen) atoms. The summed E-state index contributed by atoms with van der Waals surface area (Å²) in [5.41, 5.74) is 1.41. The van der Waals surface area contributed by atoms with Gasteiger partial charge in [-0.2, -0.15) is 5.26 Å². The van der Waals surface area contributed by atoms with Crippen LogP contribution >= 0.6 is 11.8 Å². The average Bonchev–Trinajstić information content (AvgIpc) is 2.53. The lowest BCUT2D eigenvalue weighted by molar-refractivity contribution is -0.129. The SMILES string of the molecule is CC(=O)c1cc(C#N)c(SCC(=O)N2CCCCC2)nc1C. The maximum Gasteiger partial charge on any atom is 0.232 e. The molecule has 5 nitrogen and oxygen atoms in total. The first kappa shape index (κ1) is 16.5. The standard InChI is InChI=1S/C16H19N3O2S/c1-11-14(12(2)20)8-13(9-17)16(18-11)22-10-15(21)19-6-4-3-5-7-19/h8H,3-7,10H2,1-2H3. The molecule has 0 N–H and O–H groups in total. The van der Waals surface area contributed by atoms with E-state index in [1.807, 2.05) is 4.90 Å². The van der Waals surface area contributed by atoms with Crippen molar-refractivity contribution in [1.29, 1.82) is 5.26 Å². The van der Waals surface area contributed by atoms with Crippen LogP contribution in [0, 0.1) is 18.3 Å². The van der Waals surface area contributed by atoms with Crippen molar-refractivity contribution in [3.05, 3.63) is 22.9 Å². The summed E-state index contributed by atoms with van der Waals surface area (Å²) in [5.74, 6) is 0.256. The van der Waals surface area contributed by atoms with Crippen LogP contribution in [0.4, 0.5) is 0 Å². The molecule has 0 aromatic carbocycles. The summed E-state index contributed by atoms with van der Waals surface area (Å²) in [5, 5.41) is 9.74. The minimum atomic E-state index is -0.109. The molecule has 0 unspecified atom stereocenters. The molecule has 0 bridgehead atoms. The second-order valence-corrected chi connectivity index (χ2v) is 6.34. The minimum absolute atomic E-state index is 0.0867. The van der Waals surface area contributed by atoms with Crippen molar-refractivity contribution >= 4 is 23.5 Å². The van der Waals surface area contributed by atoms with Gasteiger partial charge in [-0.05, 0) is 39.2 Å². The number of hydrogen-bond donors (Lipinski definition) is 0. The maximum absolute atomic E-state index is 12.2. The Morgan fingerprint density at radius 1 is 1.36 bits per heavy atom. The van der Waals surface area contributed by atoms with Crippen LogP contribution in [0.2, 0.25) is 0 Å². The average molecular weight is 317 g/mol. The molecule has 1 aromatic heterocycles. The van der Waals surface area contributed by atoms with Crippen LogP contribution in [0.25, 0.3) is 0 Å². The van der Waals surface area contributed by atoms with Crippen LogP contribution in [-0.2, 0) is 4.79 Å². The Morgan fingerprint density at radius 3 is 2.64 bits per heavy atom. The lowest BCUT2D eigenvalue weighted by Gasteiger charge is -2.26. The number of likely N-dealkylation sites (tertiary alicyclic amines) is 1. The third-order valence-electron chi connectivity index (χ3n) is 3.72. The first-order chi connectivity index (χ1) is 10.5. The predicted octanol–water partition coefficient (Wildman–Crippen LogP) is 2.57. The third-order valence-corrected chi connectivity index (χ3v) is 4.69. The second kappa shape index (κ2) is 7.41. The highest BCUT2D eigenvalue weighted by atomic mass is 32.2. The molecule has 1 aromatic rings. The van der Waals surface area contributed by atoms with Crippen molar-refractivity contribution in [2.24, 2.45) is 0 Å². The Hall–Kier alpha value is -1.87. The number of aromatic nitrogens is 1. The zero-order valence-electron chi connectivity index (χ0n) is 12.9. The van der Waals surface area contributed by atoms with Crippen LogP contribution < -0.4 is 0 Å². The van der Waals surface area contributed by atoms with Crippen molar-refractivity contribution in [3.8, 4) is 6.07 Å². The van der Waals surface area contributed by atoms with Crippen molar-refractivity contribution in [3.63, 3.8) is 0 Å². The van der Waals surface area contributed by atoms with Gasteiger partial charge in [-0.15, -0.1) is 0 Å². The highest BCUT2D eigenvalue weighted by Gasteiger charge is 2.18. The van der Waals surface area contributed by atoms with Gasteiger partial charge in [-0.25, -0.2) is 4.98 Å². The molecule has 0 radical (unpaired) electrons. The van der Waals surface area contributed by atoms with Gasteiger partial charge in [0.15, 0.2) is 5.78 Å². The lowest BCUT2D eigenvalue weighted by Crippen LogP contribution is -2.36. The first-order valence-corrected chi connectivity index (χ1v) is 8.34. The first-order valence-electron chi connectivity index (χ1n) is 7.36. The van der Waals surface area contributed by atoms with E-state index in [9.17, 15) is 14.9 Å². The van der Waals surface area contributed by atoms with Gasteiger partial charge in [-0.1, -0.05) is 11.8 Å². The molecule has 2 heterocycles. The summed E-state index contributed by atoms with van der Waals surface area (Å²) in [7, 11) is 0. The molecule has 116 valence electrons. The van der Waals surface area contributed by atoms with E-state index in [2.05, 4.69) is 11.1 Å². The van der Waals surface area contributed by atoms with Crippen molar-refractivity contribution in [2.45, 2.75) is 38.1 Å². The number of pyridine rings is 1. The number of aryl methyl sites for hydroxylation is 1. The molecule has 1 saturated heterocycles. The molecule has 1 aliphatic rings. The van der Waals surface area contributed by atoms with Crippen LogP contribution in [0.1, 0.15) is 47.8 Å². The fourth-order valence-electron chi connectivity index (χ4n) is 2.49. The predicted molar refractivity (Wildman–Crippen MR) is 84.8 cm³/mol. The van der Waals surface area contributed by atoms with E-state index in [4.69, 9.17) is 0 Å². The fraction of sp³-hybridized carbons (Fsp3) is 0.500.